The quantitative estimate of drug-likeness (QED) is 0.626. The van der Waals surface area contributed by atoms with Crippen molar-refractivity contribution in [3.63, 3.8) is 0 Å². The average molecular weight is 310 g/mol. The summed E-state index contributed by atoms with van der Waals surface area (Å²) >= 11 is 6.27. The summed E-state index contributed by atoms with van der Waals surface area (Å²) in [4.78, 5) is 12.5. The third kappa shape index (κ3) is 2.34. The molecule has 0 atom stereocenters. The molecule has 0 bridgehead atoms. The molecular formula is C19H16ClNO. The Labute approximate surface area is 134 Å². The van der Waals surface area contributed by atoms with Gasteiger partial charge in [0.25, 0.3) is 0 Å². The first kappa shape index (κ1) is 13.6. The van der Waals surface area contributed by atoms with Gasteiger partial charge in [0, 0.05) is 40.1 Å². The molecule has 2 nitrogen and oxygen atoms in total. The van der Waals surface area contributed by atoms with Crippen molar-refractivity contribution in [2.75, 3.05) is 0 Å². The smallest absolute Gasteiger partial charge is 0.168 e. The Morgan fingerprint density at radius 2 is 1.82 bits per heavy atom. The summed E-state index contributed by atoms with van der Waals surface area (Å²) in [5, 5.41) is 1.81. The summed E-state index contributed by atoms with van der Waals surface area (Å²) in [6.45, 7) is 0.679. The van der Waals surface area contributed by atoms with E-state index in [4.69, 9.17) is 11.6 Å². The van der Waals surface area contributed by atoms with Crippen LogP contribution in [-0.2, 0) is 6.54 Å². The molecule has 3 aromatic rings. The van der Waals surface area contributed by atoms with E-state index in [9.17, 15) is 4.79 Å². The van der Waals surface area contributed by atoms with Crippen molar-refractivity contribution in [3.8, 4) is 0 Å². The van der Waals surface area contributed by atoms with Gasteiger partial charge in [0.1, 0.15) is 0 Å². The second kappa shape index (κ2) is 5.29. The monoisotopic (exact) mass is 309 g/mol. The molecule has 2 aromatic carbocycles. The summed E-state index contributed by atoms with van der Waals surface area (Å²) < 4.78 is 2.13. The summed E-state index contributed by atoms with van der Waals surface area (Å²) in [5.41, 5.74) is 3.01. The molecule has 0 saturated heterocycles. The fourth-order valence-electron chi connectivity index (χ4n) is 2.95. The van der Waals surface area contributed by atoms with Gasteiger partial charge in [-0.15, -0.1) is 0 Å². The molecule has 0 amide bonds. The van der Waals surface area contributed by atoms with Gasteiger partial charge in [-0.3, -0.25) is 4.79 Å². The highest BCUT2D eigenvalue weighted by atomic mass is 35.5. The number of Topliss-reactive ketones (excluding diaryl/α,β-unsaturated/α-hetero) is 1. The van der Waals surface area contributed by atoms with E-state index in [1.54, 1.807) is 0 Å². The molecule has 0 aliphatic heterocycles. The minimum absolute atomic E-state index is 0.236. The minimum Gasteiger partial charge on any atom is -0.342 e. The highest BCUT2D eigenvalue weighted by Gasteiger charge is 2.32. The largest absolute Gasteiger partial charge is 0.342 e. The molecule has 0 unspecified atom stereocenters. The highest BCUT2D eigenvalue weighted by Crippen LogP contribution is 2.35. The normalized spacial score (nSPS) is 14.4. The molecule has 22 heavy (non-hydrogen) atoms. The Bertz CT molecular complexity index is 861. The number of carbonyl (C=O) groups excluding carboxylic acids is 1. The van der Waals surface area contributed by atoms with E-state index in [2.05, 4.69) is 10.6 Å². The van der Waals surface area contributed by atoms with Crippen LogP contribution in [0.4, 0.5) is 0 Å². The molecule has 3 heteroatoms. The van der Waals surface area contributed by atoms with Crippen LogP contribution >= 0.6 is 11.6 Å². The third-order valence-electron chi connectivity index (χ3n) is 4.30. The topological polar surface area (TPSA) is 22.0 Å². The van der Waals surface area contributed by atoms with Gasteiger partial charge in [0.05, 0.1) is 0 Å². The van der Waals surface area contributed by atoms with Gasteiger partial charge in [0.2, 0.25) is 0 Å². The van der Waals surface area contributed by atoms with Crippen LogP contribution in [0.5, 0.6) is 0 Å². The molecular weight excluding hydrogens is 294 g/mol. The Hall–Kier alpha value is -2.06. The van der Waals surface area contributed by atoms with Crippen LogP contribution in [0.3, 0.4) is 0 Å². The van der Waals surface area contributed by atoms with Crippen molar-refractivity contribution >= 4 is 28.3 Å². The fourth-order valence-corrected chi connectivity index (χ4v) is 3.15. The molecule has 0 spiro atoms. The van der Waals surface area contributed by atoms with Gasteiger partial charge in [0.15, 0.2) is 5.78 Å². The van der Waals surface area contributed by atoms with Gasteiger partial charge in [-0.25, -0.2) is 0 Å². The average Bonchev–Trinajstić information content (AvgIpc) is 3.32. The van der Waals surface area contributed by atoms with Crippen LogP contribution in [0, 0.1) is 5.92 Å². The molecule has 1 fully saturated rings. The van der Waals surface area contributed by atoms with E-state index in [0.717, 1.165) is 39.9 Å². The van der Waals surface area contributed by atoms with Gasteiger partial charge >= 0.3 is 0 Å². The van der Waals surface area contributed by atoms with Gasteiger partial charge < -0.3 is 4.57 Å². The Kier molecular flexibility index (Phi) is 3.27. The van der Waals surface area contributed by atoms with Gasteiger partial charge in [-0.2, -0.15) is 0 Å². The molecule has 0 radical (unpaired) electrons. The number of carbonyl (C=O) groups is 1. The predicted octanol–water partition coefficient (Wildman–Crippen LogP) is 4.94. The van der Waals surface area contributed by atoms with Crippen molar-refractivity contribution in [1.29, 1.82) is 0 Å². The molecule has 110 valence electrons. The number of rotatable bonds is 4. The zero-order chi connectivity index (χ0) is 15.1. The number of ketones is 1. The van der Waals surface area contributed by atoms with Crippen LogP contribution in [-0.4, -0.2) is 10.4 Å². The van der Waals surface area contributed by atoms with Crippen molar-refractivity contribution < 1.29 is 4.79 Å². The van der Waals surface area contributed by atoms with Crippen molar-refractivity contribution in [2.45, 2.75) is 19.4 Å². The lowest BCUT2D eigenvalue weighted by Gasteiger charge is -2.07. The number of hydrogen-bond donors (Lipinski definition) is 0. The first-order valence-electron chi connectivity index (χ1n) is 7.59. The standard InChI is InChI=1S/C19H16ClNO/c20-17-7-3-1-5-14(17)11-21-12-16(19(22)13-9-10-13)15-6-2-4-8-18(15)21/h1-8,12-13H,9-11H2. The SMILES string of the molecule is O=C(c1cn(Cc2ccccc2Cl)c2ccccc12)C1CC1. The van der Waals surface area contributed by atoms with E-state index >= 15 is 0 Å². The molecule has 1 aromatic heterocycles. The van der Waals surface area contributed by atoms with Crippen molar-refractivity contribution in [2.24, 2.45) is 5.92 Å². The van der Waals surface area contributed by atoms with E-state index in [1.807, 2.05) is 48.7 Å². The number of hydrogen-bond acceptors (Lipinski definition) is 1. The summed E-state index contributed by atoms with van der Waals surface area (Å²) in [6.07, 6.45) is 4.06. The maximum atomic E-state index is 12.5. The zero-order valence-corrected chi connectivity index (χ0v) is 12.9. The first-order valence-corrected chi connectivity index (χ1v) is 7.97. The Morgan fingerprint density at radius 1 is 1.09 bits per heavy atom. The second-order valence-electron chi connectivity index (χ2n) is 5.92. The summed E-state index contributed by atoms with van der Waals surface area (Å²) in [7, 11) is 0. The zero-order valence-electron chi connectivity index (χ0n) is 12.1. The van der Waals surface area contributed by atoms with E-state index in [1.165, 1.54) is 0 Å². The van der Waals surface area contributed by atoms with Gasteiger partial charge in [-0.1, -0.05) is 48.0 Å². The summed E-state index contributed by atoms with van der Waals surface area (Å²) in [5.74, 6) is 0.522. The van der Waals surface area contributed by atoms with E-state index in [0.29, 0.717) is 6.54 Å². The lowest BCUT2D eigenvalue weighted by Crippen LogP contribution is -2.01. The predicted molar refractivity (Wildman–Crippen MR) is 89.5 cm³/mol. The Morgan fingerprint density at radius 3 is 2.59 bits per heavy atom. The van der Waals surface area contributed by atoms with Crippen LogP contribution < -0.4 is 0 Å². The molecule has 1 heterocycles. The Balaban J connectivity index is 1.81. The number of para-hydroxylation sites is 1. The number of fused-ring (bicyclic) bond motifs is 1. The maximum Gasteiger partial charge on any atom is 0.168 e. The molecule has 4 rings (SSSR count). The lowest BCUT2D eigenvalue weighted by molar-refractivity contribution is 0.0969. The van der Waals surface area contributed by atoms with E-state index < -0.39 is 0 Å². The second-order valence-corrected chi connectivity index (χ2v) is 6.32. The fraction of sp³-hybridized carbons (Fsp3) is 0.211. The molecule has 1 aliphatic carbocycles. The number of aromatic nitrogens is 1. The summed E-state index contributed by atoms with van der Waals surface area (Å²) in [6, 6.07) is 16.0. The first-order chi connectivity index (χ1) is 10.7. The number of halogens is 1. The highest BCUT2D eigenvalue weighted by molar-refractivity contribution is 6.31. The molecule has 0 N–H and O–H groups in total. The lowest BCUT2D eigenvalue weighted by atomic mass is 10.1. The van der Waals surface area contributed by atoms with Gasteiger partial charge in [-0.05, 0) is 30.5 Å². The van der Waals surface area contributed by atoms with Crippen molar-refractivity contribution in [1.82, 2.24) is 4.57 Å². The molecule has 1 aliphatic rings. The number of nitrogens with zero attached hydrogens (tertiary/aromatic N) is 1. The third-order valence-corrected chi connectivity index (χ3v) is 4.67. The van der Waals surface area contributed by atoms with Crippen LogP contribution in [0.2, 0.25) is 5.02 Å². The van der Waals surface area contributed by atoms with E-state index in [-0.39, 0.29) is 11.7 Å². The van der Waals surface area contributed by atoms with Crippen molar-refractivity contribution in [3.05, 3.63) is 70.9 Å². The van der Waals surface area contributed by atoms with Crippen LogP contribution in [0.15, 0.2) is 54.7 Å². The maximum absolute atomic E-state index is 12.5. The molecule has 1 saturated carbocycles. The van der Waals surface area contributed by atoms with Crippen LogP contribution in [0.25, 0.3) is 10.9 Å². The number of benzene rings is 2. The van der Waals surface area contributed by atoms with Crippen LogP contribution in [0.1, 0.15) is 28.8 Å². The minimum atomic E-state index is 0.236.